The summed E-state index contributed by atoms with van der Waals surface area (Å²) in [5.41, 5.74) is -2.99. The summed E-state index contributed by atoms with van der Waals surface area (Å²) in [6.45, 7) is -0.282. The SMILES string of the molecule is CN(CCc1cc(C(F)(F)F)cc(C(F)(F)F)c1)C(=O)[C@H](OS(=O)[O-])c1ccccc1. The Morgan fingerprint density at radius 1 is 1.03 bits per heavy atom. The molecule has 2 rings (SSSR count). The fourth-order valence-electron chi connectivity index (χ4n) is 2.72. The first-order chi connectivity index (χ1) is 14.3. The van der Waals surface area contributed by atoms with Gasteiger partial charge in [-0.3, -0.25) is 8.98 Å². The molecule has 0 aromatic heterocycles. The third-order valence-electron chi connectivity index (χ3n) is 4.26. The summed E-state index contributed by atoms with van der Waals surface area (Å²) in [5.74, 6) is -0.835. The molecule has 2 aromatic rings. The Hall–Kier alpha value is -2.44. The minimum absolute atomic E-state index is 0.0151. The molecule has 0 aliphatic carbocycles. The standard InChI is InChI=1S/C19H17F6NO4S/c1-26(17(27)16(30-31(28)29)13-5-3-2-4-6-13)8-7-12-9-14(18(20,21)22)11-15(10-12)19(23,24)25/h2-6,9-11,16H,7-8H2,1H3,(H,28,29)/p-1/t16-/m1/s1. The predicted molar refractivity (Wildman–Crippen MR) is 97.0 cm³/mol. The van der Waals surface area contributed by atoms with E-state index in [-0.39, 0.29) is 30.2 Å². The largest absolute Gasteiger partial charge is 0.750 e. The van der Waals surface area contributed by atoms with Crippen molar-refractivity contribution >= 4 is 17.3 Å². The number of amides is 1. The van der Waals surface area contributed by atoms with Gasteiger partial charge in [0, 0.05) is 13.6 Å². The molecule has 31 heavy (non-hydrogen) atoms. The number of likely N-dealkylation sites (N-methyl/N-ethyl adjacent to an activating group) is 1. The zero-order valence-electron chi connectivity index (χ0n) is 15.9. The Labute approximate surface area is 176 Å². The molecule has 2 aromatic carbocycles. The molecule has 170 valence electrons. The van der Waals surface area contributed by atoms with Crippen LogP contribution in [0.1, 0.15) is 28.4 Å². The second-order valence-electron chi connectivity index (χ2n) is 6.51. The molecule has 1 amide bonds. The van der Waals surface area contributed by atoms with E-state index >= 15 is 0 Å². The van der Waals surface area contributed by atoms with Gasteiger partial charge < -0.3 is 9.45 Å². The third kappa shape index (κ3) is 7.04. The Morgan fingerprint density at radius 3 is 2.00 bits per heavy atom. The van der Waals surface area contributed by atoms with Gasteiger partial charge >= 0.3 is 12.4 Å². The number of alkyl halides is 6. The molecule has 0 spiro atoms. The number of hydrogen-bond donors (Lipinski definition) is 0. The molecule has 0 bridgehead atoms. The summed E-state index contributed by atoms with van der Waals surface area (Å²) in [4.78, 5) is 13.6. The number of carbonyl (C=O) groups excluding carboxylic acids is 1. The summed E-state index contributed by atoms with van der Waals surface area (Å²) in [7, 11) is 1.23. The number of halogens is 6. The first-order valence-corrected chi connectivity index (χ1v) is 9.63. The molecule has 12 heteroatoms. The number of benzene rings is 2. The fraction of sp³-hybridized carbons (Fsp3) is 0.316. The summed E-state index contributed by atoms with van der Waals surface area (Å²) in [6, 6.07) is 8.73. The Balaban J connectivity index is 2.22. The third-order valence-corrected chi connectivity index (χ3v) is 4.61. The van der Waals surface area contributed by atoms with Crippen LogP contribution >= 0.6 is 0 Å². The van der Waals surface area contributed by atoms with Crippen molar-refractivity contribution in [1.82, 2.24) is 4.90 Å². The van der Waals surface area contributed by atoms with E-state index in [1.54, 1.807) is 6.07 Å². The second-order valence-corrected chi connectivity index (χ2v) is 7.12. The molecule has 2 atom stereocenters. The highest BCUT2D eigenvalue weighted by atomic mass is 32.2. The molecule has 0 heterocycles. The molecular formula is C19H16F6NO4S-. The lowest BCUT2D eigenvalue weighted by Gasteiger charge is -2.25. The first-order valence-electron chi connectivity index (χ1n) is 8.63. The monoisotopic (exact) mass is 468 g/mol. The van der Waals surface area contributed by atoms with Crippen molar-refractivity contribution < 1.29 is 44.1 Å². The van der Waals surface area contributed by atoms with Crippen molar-refractivity contribution in [2.75, 3.05) is 13.6 Å². The van der Waals surface area contributed by atoms with Gasteiger partial charge in [0.1, 0.15) is 0 Å². The van der Waals surface area contributed by atoms with Crippen LogP contribution in [0.4, 0.5) is 26.3 Å². The lowest BCUT2D eigenvalue weighted by atomic mass is 10.0. The van der Waals surface area contributed by atoms with Gasteiger partial charge in [-0.2, -0.15) is 26.3 Å². The van der Waals surface area contributed by atoms with Crippen molar-refractivity contribution in [2.45, 2.75) is 24.9 Å². The quantitative estimate of drug-likeness (QED) is 0.450. The van der Waals surface area contributed by atoms with Gasteiger partial charge in [-0.1, -0.05) is 30.3 Å². The van der Waals surface area contributed by atoms with Crippen LogP contribution in [-0.4, -0.2) is 33.2 Å². The van der Waals surface area contributed by atoms with E-state index in [1.807, 2.05) is 0 Å². The van der Waals surface area contributed by atoms with Crippen molar-refractivity contribution in [2.24, 2.45) is 0 Å². The molecule has 0 saturated carbocycles. The average Bonchev–Trinajstić information content (AvgIpc) is 2.68. The van der Waals surface area contributed by atoms with Crippen LogP contribution in [-0.2, 0) is 39.1 Å². The van der Waals surface area contributed by atoms with E-state index in [2.05, 4.69) is 4.18 Å². The Morgan fingerprint density at radius 2 is 1.55 bits per heavy atom. The van der Waals surface area contributed by atoms with Crippen molar-refractivity contribution in [3.05, 3.63) is 70.8 Å². The minimum Gasteiger partial charge on any atom is -0.750 e. The maximum Gasteiger partial charge on any atom is 0.416 e. The number of hydrogen-bond acceptors (Lipinski definition) is 4. The average molecular weight is 468 g/mol. The number of carbonyl (C=O) groups is 1. The highest BCUT2D eigenvalue weighted by Gasteiger charge is 2.37. The summed E-state index contributed by atoms with van der Waals surface area (Å²) >= 11 is -3.05. The molecule has 0 N–H and O–H groups in total. The topological polar surface area (TPSA) is 69.7 Å². The van der Waals surface area contributed by atoms with Crippen LogP contribution in [0.3, 0.4) is 0 Å². The van der Waals surface area contributed by atoms with Crippen LogP contribution < -0.4 is 0 Å². The summed E-state index contributed by atoms with van der Waals surface area (Å²) < 4.78 is 104. The fourth-order valence-corrected chi connectivity index (χ4v) is 3.07. The predicted octanol–water partition coefficient (Wildman–Crippen LogP) is 4.28. The zero-order valence-corrected chi connectivity index (χ0v) is 16.7. The van der Waals surface area contributed by atoms with E-state index in [1.165, 1.54) is 31.3 Å². The molecule has 1 unspecified atom stereocenters. The van der Waals surface area contributed by atoms with Crippen molar-refractivity contribution in [1.29, 1.82) is 0 Å². The van der Waals surface area contributed by atoms with Crippen molar-refractivity contribution in [3.8, 4) is 0 Å². The van der Waals surface area contributed by atoms with Gasteiger partial charge in [0.05, 0.1) is 22.5 Å². The molecule has 0 aliphatic rings. The van der Waals surface area contributed by atoms with Gasteiger partial charge in [-0.15, -0.1) is 0 Å². The van der Waals surface area contributed by atoms with Crippen LogP contribution in [0.25, 0.3) is 0 Å². The van der Waals surface area contributed by atoms with E-state index in [0.717, 1.165) is 4.90 Å². The molecule has 0 radical (unpaired) electrons. The Kier molecular flexibility index (Phi) is 7.84. The second kappa shape index (κ2) is 9.79. The molecule has 0 fully saturated rings. The van der Waals surface area contributed by atoms with Gasteiger partial charge in [0.15, 0.2) is 6.10 Å². The van der Waals surface area contributed by atoms with Gasteiger partial charge in [0.2, 0.25) is 0 Å². The number of nitrogens with zero attached hydrogens (tertiary/aromatic N) is 1. The van der Waals surface area contributed by atoms with E-state index in [0.29, 0.717) is 12.1 Å². The number of rotatable bonds is 7. The maximum atomic E-state index is 13.0. The lowest BCUT2D eigenvalue weighted by molar-refractivity contribution is -0.143. The van der Waals surface area contributed by atoms with Crippen molar-refractivity contribution in [3.63, 3.8) is 0 Å². The minimum atomic E-state index is -4.98. The van der Waals surface area contributed by atoms with Gasteiger partial charge in [-0.25, -0.2) is 4.21 Å². The van der Waals surface area contributed by atoms with Gasteiger partial charge in [-0.05, 0) is 35.7 Å². The van der Waals surface area contributed by atoms with Crippen LogP contribution in [0.5, 0.6) is 0 Å². The first kappa shape index (κ1) is 24.8. The molecule has 0 saturated heterocycles. The zero-order chi connectivity index (χ0) is 23.4. The van der Waals surface area contributed by atoms with Crippen LogP contribution in [0.2, 0.25) is 0 Å². The molecule has 0 aliphatic heterocycles. The van der Waals surface area contributed by atoms with E-state index < -0.39 is 46.9 Å². The lowest BCUT2D eigenvalue weighted by Crippen LogP contribution is -2.34. The summed E-state index contributed by atoms with van der Waals surface area (Å²) in [6.07, 6.45) is -11.8. The van der Waals surface area contributed by atoms with E-state index in [4.69, 9.17) is 0 Å². The smallest absolute Gasteiger partial charge is 0.416 e. The molecule has 5 nitrogen and oxygen atoms in total. The normalized spacial score (nSPS) is 14.2. The highest BCUT2D eigenvalue weighted by molar-refractivity contribution is 7.74. The highest BCUT2D eigenvalue weighted by Crippen LogP contribution is 2.36. The molecular weight excluding hydrogens is 452 g/mol. The summed E-state index contributed by atoms with van der Waals surface area (Å²) in [5, 5.41) is 0. The van der Waals surface area contributed by atoms with Crippen LogP contribution in [0, 0.1) is 0 Å². The van der Waals surface area contributed by atoms with Gasteiger partial charge in [0.25, 0.3) is 5.91 Å². The van der Waals surface area contributed by atoms with E-state index in [9.17, 15) is 39.9 Å². The maximum absolute atomic E-state index is 13.0. The Bertz CT molecular complexity index is 901. The van der Waals surface area contributed by atoms with Crippen LogP contribution in [0.15, 0.2) is 48.5 Å².